The third-order valence-corrected chi connectivity index (χ3v) is 16.7. The molecule has 5 fully saturated rings. The Bertz CT molecular complexity index is 2220. The molecule has 9 atom stereocenters. The van der Waals surface area contributed by atoms with Crippen molar-refractivity contribution in [1.82, 2.24) is 31.2 Å². The first-order chi connectivity index (χ1) is 33.0. The third kappa shape index (κ3) is 11.1. The van der Waals surface area contributed by atoms with Crippen LogP contribution in [0.2, 0.25) is 0 Å². The van der Waals surface area contributed by atoms with E-state index in [1.54, 1.807) is 18.2 Å². The SMILES string of the molecule is C/C1=C\C(=O)OC(C)(C2CCCCN2)CCC(N2CCC(F)C2)C1.O=C1C=C2C=CCCC2(C2CCCCN2)O1.O=C1C=C2CC(NCCc3c[nH]c4ccccc34)CCC2(C2CCCCN2)O1. The van der Waals surface area contributed by atoms with E-state index in [0.29, 0.717) is 31.1 Å². The molecule has 0 spiro atoms. The van der Waals surface area contributed by atoms with E-state index < -0.39 is 11.8 Å². The van der Waals surface area contributed by atoms with Gasteiger partial charge in [0.25, 0.3) is 0 Å². The van der Waals surface area contributed by atoms with Gasteiger partial charge in [0, 0.05) is 72.1 Å². The van der Waals surface area contributed by atoms with Gasteiger partial charge < -0.3 is 40.5 Å². The number of hydrogen-bond acceptors (Lipinski definition) is 11. The fourth-order valence-corrected chi connectivity index (χ4v) is 13.0. The molecule has 11 rings (SSSR count). The summed E-state index contributed by atoms with van der Waals surface area (Å²) in [5.74, 6) is -0.552. The summed E-state index contributed by atoms with van der Waals surface area (Å²) in [4.78, 5) is 41.6. The monoisotopic (exact) mass is 937 g/mol. The number of benzene rings is 1. The molecule has 0 radical (unpaired) electrons. The van der Waals surface area contributed by atoms with Gasteiger partial charge in [-0.15, -0.1) is 0 Å². The first-order valence-corrected chi connectivity index (χ1v) is 26.3. The van der Waals surface area contributed by atoms with E-state index in [1.165, 1.54) is 60.6 Å². The Kier molecular flexibility index (Phi) is 15.7. The van der Waals surface area contributed by atoms with Crippen LogP contribution >= 0.6 is 0 Å². The largest absolute Gasteiger partial charge is 0.455 e. The van der Waals surface area contributed by atoms with E-state index in [2.05, 4.69) is 80.7 Å². The molecule has 2 aromatic rings. The zero-order valence-electron chi connectivity index (χ0n) is 40.7. The molecule has 9 unspecified atom stereocenters. The Morgan fingerprint density at radius 1 is 0.750 bits per heavy atom. The van der Waals surface area contributed by atoms with Gasteiger partial charge in [-0.3, -0.25) is 4.90 Å². The van der Waals surface area contributed by atoms with Crippen molar-refractivity contribution in [2.75, 3.05) is 39.3 Å². The summed E-state index contributed by atoms with van der Waals surface area (Å²) in [6, 6.07) is 9.99. The molecule has 8 heterocycles. The second kappa shape index (κ2) is 21.9. The van der Waals surface area contributed by atoms with E-state index in [1.807, 2.05) is 6.92 Å². The maximum absolute atomic E-state index is 13.6. The maximum Gasteiger partial charge on any atom is 0.332 e. The van der Waals surface area contributed by atoms with Crippen LogP contribution in [-0.2, 0) is 35.0 Å². The number of carbonyl (C=O) groups is 3. The zero-order chi connectivity index (χ0) is 47.1. The lowest BCUT2D eigenvalue weighted by Crippen LogP contribution is -2.57. The number of esters is 3. The Hall–Kier alpha value is -4.14. The number of aromatic nitrogens is 1. The van der Waals surface area contributed by atoms with Crippen LogP contribution in [0, 0.1) is 0 Å². The molecule has 0 amide bonds. The summed E-state index contributed by atoms with van der Waals surface area (Å²) in [6.07, 6.45) is 30.3. The number of carbonyl (C=O) groups excluding carboxylic acids is 3. The number of fused-ring (bicyclic) bond motifs is 3. The predicted octanol–water partition coefficient (Wildman–Crippen LogP) is 7.89. The summed E-state index contributed by atoms with van der Waals surface area (Å²) >= 11 is 0. The average molecular weight is 937 g/mol. The maximum atomic E-state index is 13.6. The number of rotatable bonds is 8. The Labute approximate surface area is 403 Å². The molecule has 13 heteroatoms. The Morgan fingerprint density at radius 2 is 1.44 bits per heavy atom. The molecule has 68 heavy (non-hydrogen) atoms. The average Bonchev–Trinajstić information content (AvgIpc) is 4.15. The van der Waals surface area contributed by atoms with Crippen molar-refractivity contribution in [1.29, 1.82) is 0 Å². The molecule has 1 aromatic heterocycles. The highest BCUT2D eigenvalue weighted by atomic mass is 19.1. The zero-order valence-corrected chi connectivity index (χ0v) is 40.7. The topological polar surface area (TPSA) is 146 Å². The van der Waals surface area contributed by atoms with Gasteiger partial charge in [-0.25, -0.2) is 18.8 Å². The van der Waals surface area contributed by atoms with Crippen LogP contribution in [0.3, 0.4) is 0 Å². The van der Waals surface area contributed by atoms with Crippen molar-refractivity contribution in [3.63, 3.8) is 0 Å². The number of H-pyrrole nitrogens is 1. The molecule has 12 nitrogen and oxygen atoms in total. The molecule has 7 aliphatic heterocycles. The van der Waals surface area contributed by atoms with Crippen molar-refractivity contribution in [2.45, 2.75) is 189 Å². The van der Waals surface area contributed by atoms with Gasteiger partial charge in [0.05, 0.1) is 12.1 Å². The number of piperidine rings is 3. The van der Waals surface area contributed by atoms with Gasteiger partial charge in [0.15, 0.2) is 5.60 Å². The van der Waals surface area contributed by atoms with Crippen molar-refractivity contribution < 1.29 is 33.0 Å². The minimum absolute atomic E-state index is 0.151. The molecule has 1 aromatic carbocycles. The lowest BCUT2D eigenvalue weighted by molar-refractivity contribution is -0.157. The van der Waals surface area contributed by atoms with Gasteiger partial charge in [0.2, 0.25) is 0 Å². The van der Waals surface area contributed by atoms with Crippen LogP contribution in [0.4, 0.5) is 4.39 Å². The smallest absolute Gasteiger partial charge is 0.332 e. The first kappa shape index (κ1) is 48.9. The highest BCUT2D eigenvalue weighted by Crippen LogP contribution is 2.45. The van der Waals surface area contributed by atoms with Crippen LogP contribution in [0.1, 0.15) is 135 Å². The number of para-hydroxylation sites is 1. The van der Waals surface area contributed by atoms with Crippen molar-refractivity contribution in [3.8, 4) is 0 Å². The fraction of sp³-hybridized carbons (Fsp3) is 0.655. The number of ether oxygens (including phenoxy) is 3. The van der Waals surface area contributed by atoms with Crippen LogP contribution < -0.4 is 21.3 Å². The summed E-state index contributed by atoms with van der Waals surface area (Å²) in [6.45, 7) is 9.43. The molecule has 4 saturated heterocycles. The molecule has 5 N–H and O–H groups in total. The molecule has 2 aliphatic carbocycles. The number of allylic oxidation sites excluding steroid dienone is 1. The number of likely N-dealkylation sites (tertiary alicyclic amines) is 1. The summed E-state index contributed by atoms with van der Waals surface area (Å²) in [7, 11) is 0. The van der Waals surface area contributed by atoms with Crippen molar-refractivity contribution >= 4 is 28.8 Å². The number of alkyl halides is 1. The Balaban J connectivity index is 0.000000132. The summed E-state index contributed by atoms with van der Waals surface area (Å²) in [5, 5.41) is 15.7. The minimum atomic E-state index is -0.703. The second-order valence-corrected chi connectivity index (χ2v) is 21.3. The summed E-state index contributed by atoms with van der Waals surface area (Å²) in [5.41, 5.74) is 4.65. The van der Waals surface area contributed by atoms with Gasteiger partial charge in [0.1, 0.15) is 17.4 Å². The highest BCUT2D eigenvalue weighted by Gasteiger charge is 2.52. The van der Waals surface area contributed by atoms with Crippen LogP contribution in [-0.4, -0.2) is 120 Å². The third-order valence-electron chi connectivity index (χ3n) is 16.7. The number of nitrogens with zero attached hydrogens (tertiary/aromatic N) is 1. The van der Waals surface area contributed by atoms with Crippen molar-refractivity contribution in [2.24, 2.45) is 0 Å². The van der Waals surface area contributed by atoms with E-state index >= 15 is 0 Å². The van der Waals surface area contributed by atoms with E-state index in [-0.39, 0.29) is 41.2 Å². The van der Waals surface area contributed by atoms with E-state index in [9.17, 15) is 18.8 Å². The number of aromatic amines is 1. The minimum Gasteiger partial charge on any atom is -0.455 e. The predicted molar refractivity (Wildman–Crippen MR) is 264 cm³/mol. The molecular formula is C55H77FN6O6. The molecule has 370 valence electrons. The Morgan fingerprint density at radius 3 is 2.16 bits per heavy atom. The quantitative estimate of drug-likeness (QED) is 0.130. The molecule has 1 saturated carbocycles. The molecule has 0 bridgehead atoms. The number of halogens is 1. The van der Waals surface area contributed by atoms with Crippen LogP contribution in [0.5, 0.6) is 0 Å². The number of nitrogens with one attached hydrogen (secondary N) is 5. The van der Waals surface area contributed by atoms with Gasteiger partial charge in [-0.2, -0.15) is 0 Å². The summed E-state index contributed by atoms with van der Waals surface area (Å²) < 4.78 is 31.2. The van der Waals surface area contributed by atoms with Gasteiger partial charge >= 0.3 is 17.9 Å². The lowest BCUT2D eigenvalue weighted by Gasteiger charge is -2.45. The first-order valence-electron chi connectivity index (χ1n) is 26.3. The number of hydrogen-bond donors (Lipinski definition) is 5. The normalized spacial score (nSPS) is 36.0. The number of cyclic esters (lactones) is 1. The van der Waals surface area contributed by atoms with Crippen LogP contribution in [0.25, 0.3) is 10.9 Å². The fourth-order valence-electron chi connectivity index (χ4n) is 13.0. The van der Waals surface area contributed by atoms with Crippen LogP contribution in [0.15, 0.2) is 77.6 Å². The second-order valence-electron chi connectivity index (χ2n) is 21.3. The van der Waals surface area contributed by atoms with Gasteiger partial charge in [-0.05, 0) is 160 Å². The highest BCUT2D eigenvalue weighted by molar-refractivity contribution is 5.88. The van der Waals surface area contributed by atoms with E-state index in [4.69, 9.17) is 14.2 Å². The van der Waals surface area contributed by atoms with E-state index in [0.717, 1.165) is 121 Å². The lowest BCUT2D eigenvalue weighted by atomic mass is 9.72. The molecular weight excluding hydrogens is 860 g/mol. The molecule has 9 aliphatic rings. The van der Waals surface area contributed by atoms with Crippen molar-refractivity contribution in [3.05, 3.63) is 83.1 Å². The standard InChI is InChI=1S/C23H29N3O2.C19H31FN2O2.C13H17NO2/c27-22-14-17-13-18(8-10-23(17,28-22)21-7-3-4-11-25-21)24-12-9-16-15-26-20-6-2-1-5-19(16)20;1-14-11-16(22-10-7-15(20)13-22)6-8-19(2,24-18(23)12-14)17-5-3-4-9-21-17;15-12-9-10-5-1-3-7-13(10,16-12)11-6-2-4-8-14-11/h1-2,5-6,14-15,18,21,24-26H,3-4,7-13H2;12,15-17,21H,3-11,13H2,1-2H3;1,5,9,11,14H,2-4,6-8H2/b;14-12+;. The van der Waals surface area contributed by atoms with Gasteiger partial charge in [-0.1, -0.05) is 55.2 Å².